The van der Waals surface area contributed by atoms with E-state index in [0.29, 0.717) is 5.56 Å². The number of benzene rings is 1. The summed E-state index contributed by atoms with van der Waals surface area (Å²) in [6.45, 7) is 1.32. The molecule has 5 nitrogen and oxygen atoms in total. The van der Waals surface area contributed by atoms with E-state index in [-0.39, 0.29) is 0 Å². The first-order valence-electron chi connectivity index (χ1n) is 5.10. The van der Waals surface area contributed by atoms with Crippen molar-refractivity contribution in [1.29, 1.82) is 0 Å². The molecule has 1 rings (SSSR count). The molecule has 0 aliphatic rings. The average molecular weight is 601 g/mol. The molecule has 3 N–H and O–H groups in total. The molecule has 0 bridgehead atoms. The minimum atomic E-state index is -1.32. The van der Waals surface area contributed by atoms with Crippen LogP contribution in [-0.4, -0.2) is 34.2 Å². The normalized spacial score (nSPS) is 13.7. The predicted molar refractivity (Wildman–Crippen MR) is 95.2 cm³/mol. The van der Waals surface area contributed by atoms with Crippen molar-refractivity contribution in [3.8, 4) is 0 Å². The molecule has 0 fully saturated rings. The molecule has 1 amide bonds. The molecule has 0 spiro atoms. The number of aliphatic hydroxyl groups is 1. The van der Waals surface area contributed by atoms with E-state index in [2.05, 4.69) is 50.5 Å². The summed E-state index contributed by atoms with van der Waals surface area (Å²) in [5.74, 6) is -1.77. The standard InChI is InChI=1S/C11H10I3NO4/c1-4(16)9(11(18)19)15-10(17)6-2-5(12)3-7(13)8(6)14/h2-4,9,16H,1H3,(H,15,17)(H,18,19). The average Bonchev–Trinajstić information content (AvgIpc) is 2.29. The fourth-order valence-electron chi connectivity index (χ4n) is 1.33. The summed E-state index contributed by atoms with van der Waals surface area (Å²) in [5.41, 5.74) is 0.406. The van der Waals surface area contributed by atoms with Crippen LogP contribution in [0.3, 0.4) is 0 Å². The molecule has 0 saturated carbocycles. The topological polar surface area (TPSA) is 86.6 Å². The third kappa shape index (κ3) is 4.67. The van der Waals surface area contributed by atoms with Crippen molar-refractivity contribution in [2.75, 3.05) is 0 Å². The van der Waals surface area contributed by atoms with Gasteiger partial charge in [0, 0.05) is 10.7 Å². The quantitative estimate of drug-likeness (QED) is 0.365. The van der Waals surface area contributed by atoms with Crippen molar-refractivity contribution in [3.63, 3.8) is 0 Å². The number of halogens is 3. The highest BCUT2D eigenvalue weighted by molar-refractivity contribution is 14.1. The van der Waals surface area contributed by atoms with Crippen LogP contribution in [-0.2, 0) is 4.79 Å². The second-order valence-corrected chi connectivity index (χ2v) is 7.27. The number of nitrogens with one attached hydrogen (secondary N) is 1. The van der Waals surface area contributed by atoms with E-state index < -0.39 is 24.0 Å². The van der Waals surface area contributed by atoms with E-state index in [9.17, 15) is 14.7 Å². The van der Waals surface area contributed by atoms with Crippen molar-refractivity contribution in [2.45, 2.75) is 19.1 Å². The van der Waals surface area contributed by atoms with Crippen LogP contribution in [0.25, 0.3) is 0 Å². The smallest absolute Gasteiger partial charge is 0.328 e. The van der Waals surface area contributed by atoms with Gasteiger partial charge >= 0.3 is 5.97 Å². The Labute approximate surface area is 151 Å². The number of rotatable bonds is 4. The summed E-state index contributed by atoms with van der Waals surface area (Å²) in [6, 6.07) is 2.28. The lowest BCUT2D eigenvalue weighted by atomic mass is 10.1. The Morgan fingerprint density at radius 2 is 1.84 bits per heavy atom. The summed E-state index contributed by atoms with van der Waals surface area (Å²) in [7, 11) is 0. The number of aliphatic carboxylic acids is 1. The van der Waals surface area contributed by atoms with Crippen LogP contribution in [0.5, 0.6) is 0 Å². The molecule has 8 heteroatoms. The molecule has 0 aliphatic carbocycles. The maximum atomic E-state index is 12.1. The van der Waals surface area contributed by atoms with Crippen molar-refractivity contribution in [3.05, 3.63) is 28.4 Å². The lowest BCUT2D eigenvalue weighted by Crippen LogP contribution is -2.47. The van der Waals surface area contributed by atoms with Crippen LogP contribution in [0.15, 0.2) is 12.1 Å². The van der Waals surface area contributed by atoms with Crippen molar-refractivity contribution in [2.24, 2.45) is 0 Å². The Kier molecular flexibility index (Phi) is 6.72. The van der Waals surface area contributed by atoms with E-state index in [1.807, 2.05) is 28.7 Å². The first kappa shape index (κ1) is 17.4. The molecule has 0 aliphatic heterocycles. The predicted octanol–water partition coefficient (Wildman–Crippen LogP) is 2.06. The SMILES string of the molecule is CC(O)C(NC(=O)c1cc(I)cc(I)c1I)C(=O)O. The molecule has 104 valence electrons. The van der Waals surface area contributed by atoms with Crippen molar-refractivity contribution in [1.82, 2.24) is 5.32 Å². The molecule has 0 radical (unpaired) electrons. The monoisotopic (exact) mass is 601 g/mol. The number of aliphatic hydroxyl groups excluding tert-OH is 1. The van der Waals surface area contributed by atoms with Gasteiger partial charge in [0.05, 0.1) is 11.7 Å². The number of carboxylic acids is 1. The van der Waals surface area contributed by atoms with Crippen LogP contribution in [0, 0.1) is 10.7 Å². The first-order valence-corrected chi connectivity index (χ1v) is 8.34. The largest absolute Gasteiger partial charge is 0.480 e. The van der Waals surface area contributed by atoms with Gasteiger partial charge in [0.1, 0.15) is 0 Å². The minimum absolute atomic E-state index is 0.406. The summed E-state index contributed by atoms with van der Waals surface area (Å²) in [4.78, 5) is 23.0. The molecule has 2 unspecified atom stereocenters. The van der Waals surface area contributed by atoms with Gasteiger partial charge < -0.3 is 15.5 Å². The Morgan fingerprint density at radius 1 is 1.26 bits per heavy atom. The molecule has 0 heterocycles. The number of carboxylic acid groups (broad SMARTS) is 1. The number of amides is 1. The van der Waals surface area contributed by atoms with Gasteiger partial charge in [-0.25, -0.2) is 4.79 Å². The highest BCUT2D eigenvalue weighted by atomic mass is 127. The summed E-state index contributed by atoms with van der Waals surface area (Å²) in [5, 5.41) is 20.6. The van der Waals surface area contributed by atoms with Crippen molar-refractivity contribution < 1.29 is 19.8 Å². The van der Waals surface area contributed by atoms with Crippen LogP contribution < -0.4 is 5.32 Å². The van der Waals surface area contributed by atoms with E-state index in [1.54, 1.807) is 6.07 Å². The van der Waals surface area contributed by atoms with Crippen LogP contribution in [0.4, 0.5) is 0 Å². The molecular weight excluding hydrogens is 591 g/mol. The van der Waals surface area contributed by atoms with E-state index in [0.717, 1.165) is 10.7 Å². The molecule has 1 aromatic rings. The Balaban J connectivity index is 3.04. The molecule has 1 aromatic carbocycles. The number of carbonyl (C=O) groups excluding carboxylic acids is 1. The van der Waals surface area contributed by atoms with Gasteiger partial charge in [0.2, 0.25) is 0 Å². The zero-order valence-corrected chi connectivity index (χ0v) is 16.1. The number of carbonyl (C=O) groups is 2. The molecule has 2 atom stereocenters. The summed E-state index contributed by atoms with van der Waals surface area (Å²) < 4.78 is 2.56. The van der Waals surface area contributed by atoms with E-state index >= 15 is 0 Å². The van der Waals surface area contributed by atoms with Gasteiger partial charge in [-0.05, 0) is 86.8 Å². The second-order valence-electron chi connectivity index (χ2n) is 3.78. The lowest BCUT2D eigenvalue weighted by Gasteiger charge is -2.17. The maximum Gasteiger partial charge on any atom is 0.328 e. The molecule has 0 aromatic heterocycles. The van der Waals surface area contributed by atoms with Gasteiger partial charge in [-0.1, -0.05) is 0 Å². The zero-order chi connectivity index (χ0) is 14.7. The lowest BCUT2D eigenvalue weighted by molar-refractivity contribution is -0.141. The summed E-state index contributed by atoms with van der Waals surface area (Å²) in [6.07, 6.45) is -1.17. The van der Waals surface area contributed by atoms with Gasteiger partial charge in [0.25, 0.3) is 5.91 Å². The third-order valence-corrected chi connectivity index (χ3v) is 5.94. The Hall–Kier alpha value is 0.310. The fourth-order valence-corrected chi connectivity index (χ4v) is 3.73. The Morgan fingerprint density at radius 3 is 2.32 bits per heavy atom. The molecular formula is C11H10I3NO4. The number of hydrogen-bond acceptors (Lipinski definition) is 3. The first-order chi connectivity index (χ1) is 8.73. The zero-order valence-electron chi connectivity index (χ0n) is 9.65. The minimum Gasteiger partial charge on any atom is -0.480 e. The van der Waals surface area contributed by atoms with E-state index in [4.69, 9.17) is 5.11 Å². The maximum absolute atomic E-state index is 12.1. The van der Waals surface area contributed by atoms with Crippen LogP contribution >= 0.6 is 67.8 Å². The Bertz CT molecular complexity index is 519. The highest BCUT2D eigenvalue weighted by Crippen LogP contribution is 2.23. The fraction of sp³-hybridized carbons (Fsp3) is 0.273. The van der Waals surface area contributed by atoms with Crippen LogP contribution in [0.2, 0.25) is 0 Å². The summed E-state index contributed by atoms with van der Waals surface area (Å²) >= 11 is 6.24. The van der Waals surface area contributed by atoms with Gasteiger partial charge in [-0.2, -0.15) is 0 Å². The van der Waals surface area contributed by atoms with Gasteiger partial charge in [-0.15, -0.1) is 0 Å². The van der Waals surface area contributed by atoms with Gasteiger partial charge in [0.15, 0.2) is 6.04 Å². The molecule has 0 saturated heterocycles. The number of hydrogen-bond donors (Lipinski definition) is 3. The van der Waals surface area contributed by atoms with Crippen LogP contribution in [0.1, 0.15) is 17.3 Å². The second kappa shape index (κ2) is 7.36. The van der Waals surface area contributed by atoms with E-state index in [1.165, 1.54) is 6.92 Å². The van der Waals surface area contributed by atoms with Gasteiger partial charge in [-0.3, -0.25) is 4.79 Å². The molecule has 19 heavy (non-hydrogen) atoms. The third-order valence-electron chi connectivity index (χ3n) is 2.27. The van der Waals surface area contributed by atoms with Crippen molar-refractivity contribution >= 4 is 79.6 Å². The highest BCUT2D eigenvalue weighted by Gasteiger charge is 2.26.